The molecule has 2 rings (SSSR count). The number of ether oxygens (including phenoxy) is 1. The van der Waals surface area contributed by atoms with Crippen molar-refractivity contribution in [3.63, 3.8) is 0 Å². The van der Waals surface area contributed by atoms with Gasteiger partial charge >= 0.3 is 6.09 Å². The van der Waals surface area contributed by atoms with Crippen molar-refractivity contribution in [1.29, 1.82) is 0 Å². The summed E-state index contributed by atoms with van der Waals surface area (Å²) in [5.41, 5.74) is -0.312. The molecule has 0 spiro atoms. The van der Waals surface area contributed by atoms with Crippen molar-refractivity contribution >= 4 is 17.7 Å². The highest BCUT2D eigenvalue weighted by Gasteiger charge is 2.39. The maximum atomic E-state index is 13.9. The molecule has 1 aliphatic carbocycles. The second kappa shape index (κ2) is 7.05. The number of hydrogen-bond donors (Lipinski definition) is 2. The maximum absolute atomic E-state index is 13.9. The van der Waals surface area contributed by atoms with Crippen LogP contribution < -0.4 is 10.6 Å². The van der Waals surface area contributed by atoms with Crippen LogP contribution in [0.2, 0.25) is 5.02 Å². The van der Waals surface area contributed by atoms with Gasteiger partial charge in [-0.05, 0) is 46.1 Å². The number of rotatable bonds is 5. The van der Waals surface area contributed by atoms with Crippen LogP contribution in [-0.2, 0) is 11.3 Å². The monoisotopic (exact) mass is 342 g/mol. The fourth-order valence-electron chi connectivity index (χ4n) is 2.59. The lowest BCUT2D eigenvalue weighted by atomic mass is 9.76. The molecule has 0 atom stereocenters. The van der Waals surface area contributed by atoms with Crippen molar-refractivity contribution in [2.75, 3.05) is 6.54 Å². The van der Waals surface area contributed by atoms with E-state index in [1.165, 1.54) is 6.07 Å². The number of alkyl carbamates (subject to hydrolysis) is 1. The zero-order valence-corrected chi connectivity index (χ0v) is 14.6. The third kappa shape index (κ3) is 5.08. The first kappa shape index (κ1) is 18.0. The van der Waals surface area contributed by atoms with Crippen LogP contribution in [0.3, 0.4) is 0 Å². The van der Waals surface area contributed by atoms with Crippen molar-refractivity contribution in [2.45, 2.75) is 57.7 Å². The minimum Gasteiger partial charge on any atom is -0.444 e. The van der Waals surface area contributed by atoms with Crippen molar-refractivity contribution in [3.05, 3.63) is 34.6 Å². The lowest BCUT2D eigenvalue weighted by molar-refractivity contribution is 0.0382. The molecule has 128 valence electrons. The standard InChI is InChI=1S/C17H24ClFN2O2/c1-16(2,3)23-15(22)21-17(8-5-9-17)11-20-10-12-6-4-7-13(18)14(12)19/h4,6-7,20H,5,8-11H2,1-3H3,(H,21,22). The third-order valence-electron chi connectivity index (χ3n) is 3.89. The molecule has 23 heavy (non-hydrogen) atoms. The molecule has 0 heterocycles. The Morgan fingerprint density at radius 3 is 2.65 bits per heavy atom. The summed E-state index contributed by atoms with van der Waals surface area (Å²) in [6.45, 7) is 6.43. The summed E-state index contributed by atoms with van der Waals surface area (Å²) in [5, 5.41) is 6.29. The molecule has 1 saturated carbocycles. The predicted octanol–water partition coefficient (Wildman–Crippen LogP) is 4.02. The Morgan fingerprint density at radius 1 is 1.39 bits per heavy atom. The van der Waals surface area contributed by atoms with Gasteiger partial charge in [0.25, 0.3) is 0 Å². The number of nitrogens with one attached hydrogen (secondary N) is 2. The van der Waals surface area contributed by atoms with Gasteiger partial charge in [0, 0.05) is 18.7 Å². The highest BCUT2D eigenvalue weighted by molar-refractivity contribution is 6.30. The zero-order chi connectivity index (χ0) is 17.1. The summed E-state index contributed by atoms with van der Waals surface area (Å²) >= 11 is 5.78. The molecule has 0 bridgehead atoms. The van der Waals surface area contributed by atoms with Gasteiger partial charge in [-0.2, -0.15) is 0 Å². The van der Waals surface area contributed by atoms with E-state index in [4.69, 9.17) is 16.3 Å². The fraction of sp³-hybridized carbons (Fsp3) is 0.588. The molecule has 1 aliphatic rings. The predicted molar refractivity (Wildman–Crippen MR) is 89.1 cm³/mol. The van der Waals surface area contributed by atoms with Crippen LogP contribution in [0.4, 0.5) is 9.18 Å². The summed E-state index contributed by atoms with van der Waals surface area (Å²) in [6, 6.07) is 4.95. The van der Waals surface area contributed by atoms with Crippen LogP contribution in [0.1, 0.15) is 45.6 Å². The van der Waals surface area contributed by atoms with E-state index in [1.807, 2.05) is 20.8 Å². The summed E-state index contributed by atoms with van der Waals surface area (Å²) in [7, 11) is 0. The first-order valence-electron chi connectivity index (χ1n) is 7.86. The van der Waals surface area contributed by atoms with Crippen LogP contribution >= 0.6 is 11.6 Å². The molecule has 1 aromatic carbocycles. The molecule has 6 heteroatoms. The minimum atomic E-state index is -0.521. The molecule has 0 aliphatic heterocycles. The topological polar surface area (TPSA) is 50.4 Å². The number of amides is 1. The van der Waals surface area contributed by atoms with Gasteiger partial charge in [-0.3, -0.25) is 0 Å². The van der Waals surface area contributed by atoms with Crippen LogP contribution in [0.5, 0.6) is 0 Å². The Kier molecular flexibility index (Phi) is 5.53. The molecule has 1 fully saturated rings. The van der Waals surface area contributed by atoms with Gasteiger partial charge in [0.2, 0.25) is 0 Å². The molecular formula is C17H24ClFN2O2. The number of carbonyl (C=O) groups excluding carboxylic acids is 1. The normalized spacial score (nSPS) is 16.6. The molecule has 0 saturated heterocycles. The number of halogens is 2. The quantitative estimate of drug-likeness (QED) is 0.849. The van der Waals surface area contributed by atoms with Gasteiger partial charge < -0.3 is 15.4 Å². The zero-order valence-electron chi connectivity index (χ0n) is 13.8. The van der Waals surface area contributed by atoms with Crippen LogP contribution in [0.15, 0.2) is 18.2 Å². The molecule has 0 unspecified atom stereocenters. The summed E-state index contributed by atoms with van der Waals surface area (Å²) in [5.74, 6) is -0.399. The number of carbonyl (C=O) groups is 1. The second-order valence-electron chi connectivity index (χ2n) is 7.08. The van der Waals surface area contributed by atoms with E-state index in [9.17, 15) is 9.18 Å². The summed E-state index contributed by atoms with van der Waals surface area (Å²) < 4.78 is 19.2. The first-order chi connectivity index (χ1) is 10.7. The molecule has 0 aromatic heterocycles. The van der Waals surface area contributed by atoms with E-state index >= 15 is 0 Å². The number of hydrogen-bond acceptors (Lipinski definition) is 3. The molecule has 1 amide bonds. The van der Waals surface area contributed by atoms with Gasteiger partial charge in [0.05, 0.1) is 10.6 Å². The Bertz CT molecular complexity index is 568. The average Bonchev–Trinajstić information content (AvgIpc) is 2.38. The van der Waals surface area contributed by atoms with Crippen LogP contribution in [0, 0.1) is 5.82 Å². The largest absolute Gasteiger partial charge is 0.444 e. The molecule has 1 aromatic rings. The Labute approximate surface area is 141 Å². The second-order valence-corrected chi connectivity index (χ2v) is 7.48. The number of benzene rings is 1. The minimum absolute atomic E-state index is 0.120. The molecule has 4 nitrogen and oxygen atoms in total. The average molecular weight is 343 g/mol. The fourth-order valence-corrected chi connectivity index (χ4v) is 2.79. The van der Waals surface area contributed by atoms with E-state index < -0.39 is 17.5 Å². The van der Waals surface area contributed by atoms with Gasteiger partial charge in [0.15, 0.2) is 0 Å². The van der Waals surface area contributed by atoms with Crippen molar-refractivity contribution in [1.82, 2.24) is 10.6 Å². The van der Waals surface area contributed by atoms with E-state index in [0.29, 0.717) is 18.7 Å². The van der Waals surface area contributed by atoms with Gasteiger partial charge in [-0.1, -0.05) is 23.7 Å². The van der Waals surface area contributed by atoms with Crippen molar-refractivity contribution < 1.29 is 13.9 Å². The summed E-state index contributed by atoms with van der Waals surface area (Å²) in [4.78, 5) is 12.0. The molecule has 0 radical (unpaired) electrons. The smallest absolute Gasteiger partial charge is 0.408 e. The highest BCUT2D eigenvalue weighted by atomic mass is 35.5. The first-order valence-corrected chi connectivity index (χ1v) is 8.23. The van der Waals surface area contributed by atoms with Gasteiger partial charge in [0.1, 0.15) is 11.4 Å². The van der Waals surface area contributed by atoms with Crippen molar-refractivity contribution in [2.24, 2.45) is 0 Å². The molecule has 2 N–H and O–H groups in total. The van der Waals surface area contributed by atoms with E-state index in [-0.39, 0.29) is 10.6 Å². The van der Waals surface area contributed by atoms with Gasteiger partial charge in [-0.25, -0.2) is 9.18 Å². The van der Waals surface area contributed by atoms with E-state index in [1.54, 1.807) is 12.1 Å². The van der Waals surface area contributed by atoms with E-state index in [2.05, 4.69) is 10.6 Å². The SMILES string of the molecule is CC(C)(C)OC(=O)NC1(CNCc2cccc(Cl)c2F)CCC1. The Hall–Kier alpha value is -1.33. The van der Waals surface area contributed by atoms with E-state index in [0.717, 1.165) is 19.3 Å². The third-order valence-corrected chi connectivity index (χ3v) is 4.18. The maximum Gasteiger partial charge on any atom is 0.408 e. The van der Waals surface area contributed by atoms with Crippen molar-refractivity contribution in [3.8, 4) is 0 Å². The van der Waals surface area contributed by atoms with Crippen LogP contribution in [0.25, 0.3) is 0 Å². The lowest BCUT2D eigenvalue weighted by Gasteiger charge is -2.42. The Morgan fingerprint density at radius 2 is 2.09 bits per heavy atom. The van der Waals surface area contributed by atoms with Crippen LogP contribution in [-0.4, -0.2) is 23.8 Å². The van der Waals surface area contributed by atoms with Gasteiger partial charge in [-0.15, -0.1) is 0 Å². The lowest BCUT2D eigenvalue weighted by Crippen LogP contribution is -2.59. The highest BCUT2D eigenvalue weighted by Crippen LogP contribution is 2.31. The summed E-state index contributed by atoms with van der Waals surface area (Å²) in [6.07, 6.45) is 2.42. The Balaban J connectivity index is 1.87. The molecular weight excluding hydrogens is 319 g/mol.